The number of thiazole rings is 1. The van der Waals surface area contributed by atoms with Gasteiger partial charge in [-0.05, 0) is 36.2 Å². The lowest BCUT2D eigenvalue weighted by Gasteiger charge is -2.11. The van der Waals surface area contributed by atoms with E-state index in [1.807, 2.05) is 11.8 Å². The fourth-order valence-electron chi connectivity index (χ4n) is 1.10. The molecule has 1 N–H and O–H groups in total. The molecular formula is C9H15N3O2S2. The van der Waals surface area contributed by atoms with E-state index >= 15 is 0 Å². The van der Waals surface area contributed by atoms with Gasteiger partial charge in [-0.15, -0.1) is 0 Å². The van der Waals surface area contributed by atoms with E-state index in [0.717, 1.165) is 29.3 Å². The zero-order valence-electron chi connectivity index (χ0n) is 9.30. The second-order valence-corrected chi connectivity index (χ2v) is 5.69. The molecular weight excluding hydrogens is 246 g/mol. The van der Waals surface area contributed by atoms with Crippen LogP contribution in [0.2, 0.25) is 0 Å². The normalized spacial score (nSPS) is 12.4. The molecule has 1 rings (SSSR count). The molecule has 0 aromatic carbocycles. The van der Waals surface area contributed by atoms with Crippen LogP contribution < -0.4 is 5.32 Å². The van der Waals surface area contributed by atoms with Crippen LogP contribution in [-0.2, 0) is 0 Å². The summed E-state index contributed by atoms with van der Waals surface area (Å²) in [6.45, 7) is 4.19. The van der Waals surface area contributed by atoms with Crippen molar-refractivity contribution in [1.82, 2.24) is 4.98 Å². The fraction of sp³-hybridized carbons (Fsp3) is 0.667. The second kappa shape index (κ2) is 6.70. The molecule has 1 aromatic heterocycles. The zero-order valence-corrected chi connectivity index (χ0v) is 10.9. The Bertz CT molecular complexity index is 343. The third-order valence-corrected chi connectivity index (χ3v) is 3.76. The molecule has 0 radical (unpaired) electrons. The SMILES string of the molecule is CCSCCC(C)Nc1ncc([N+](=O)[O-])s1. The summed E-state index contributed by atoms with van der Waals surface area (Å²) in [6, 6.07) is 0.296. The average molecular weight is 261 g/mol. The van der Waals surface area contributed by atoms with Gasteiger partial charge < -0.3 is 5.32 Å². The number of thioether (sulfide) groups is 1. The molecule has 0 saturated heterocycles. The molecule has 0 saturated carbocycles. The van der Waals surface area contributed by atoms with Gasteiger partial charge in [-0.1, -0.05) is 6.92 Å². The number of rotatable bonds is 7. The topological polar surface area (TPSA) is 68.1 Å². The summed E-state index contributed by atoms with van der Waals surface area (Å²) in [5, 5.41) is 14.3. The lowest BCUT2D eigenvalue weighted by atomic mass is 10.3. The lowest BCUT2D eigenvalue weighted by Crippen LogP contribution is -2.15. The third-order valence-electron chi connectivity index (χ3n) is 1.94. The highest BCUT2D eigenvalue weighted by Gasteiger charge is 2.12. The van der Waals surface area contributed by atoms with Gasteiger partial charge in [0.05, 0.1) is 4.92 Å². The number of nitrogens with one attached hydrogen (secondary N) is 1. The molecule has 0 bridgehead atoms. The lowest BCUT2D eigenvalue weighted by molar-refractivity contribution is -0.380. The minimum absolute atomic E-state index is 0.0811. The van der Waals surface area contributed by atoms with E-state index in [2.05, 4.69) is 24.1 Å². The van der Waals surface area contributed by atoms with Gasteiger partial charge in [-0.2, -0.15) is 11.8 Å². The zero-order chi connectivity index (χ0) is 12.0. The van der Waals surface area contributed by atoms with Crippen LogP contribution in [0.15, 0.2) is 6.20 Å². The Labute approximate surface area is 103 Å². The maximum Gasteiger partial charge on any atom is 0.345 e. The molecule has 16 heavy (non-hydrogen) atoms. The van der Waals surface area contributed by atoms with Gasteiger partial charge in [0.25, 0.3) is 0 Å². The van der Waals surface area contributed by atoms with E-state index in [0.29, 0.717) is 11.2 Å². The van der Waals surface area contributed by atoms with Crippen molar-refractivity contribution in [2.24, 2.45) is 0 Å². The first-order chi connectivity index (χ1) is 7.63. The van der Waals surface area contributed by atoms with Crippen LogP contribution in [0.4, 0.5) is 10.1 Å². The molecule has 1 heterocycles. The van der Waals surface area contributed by atoms with Crippen molar-refractivity contribution in [3.05, 3.63) is 16.3 Å². The van der Waals surface area contributed by atoms with Crippen LogP contribution in [0.3, 0.4) is 0 Å². The summed E-state index contributed by atoms with van der Waals surface area (Å²) in [6.07, 6.45) is 2.33. The minimum atomic E-state index is -0.416. The monoisotopic (exact) mass is 261 g/mol. The molecule has 90 valence electrons. The highest BCUT2D eigenvalue weighted by atomic mass is 32.2. The first-order valence-corrected chi connectivity index (χ1v) is 7.05. The van der Waals surface area contributed by atoms with E-state index in [-0.39, 0.29) is 5.00 Å². The Morgan fingerprint density at radius 2 is 2.50 bits per heavy atom. The molecule has 0 fully saturated rings. The van der Waals surface area contributed by atoms with Gasteiger partial charge in [0.2, 0.25) is 0 Å². The molecule has 1 unspecified atom stereocenters. The van der Waals surface area contributed by atoms with Crippen molar-refractivity contribution in [2.75, 3.05) is 16.8 Å². The predicted octanol–water partition coefficient (Wildman–Crippen LogP) is 2.99. The van der Waals surface area contributed by atoms with Gasteiger partial charge >= 0.3 is 5.00 Å². The summed E-state index contributed by atoms with van der Waals surface area (Å²) >= 11 is 2.97. The Morgan fingerprint density at radius 1 is 1.75 bits per heavy atom. The Kier molecular flexibility index (Phi) is 5.54. The number of nitrogens with zero attached hydrogens (tertiary/aromatic N) is 2. The molecule has 1 aromatic rings. The summed E-state index contributed by atoms with van der Waals surface area (Å²) in [5.41, 5.74) is 0. The Balaban J connectivity index is 2.37. The standard InChI is InChI=1S/C9H15N3O2S2/c1-3-15-5-4-7(2)11-9-10-6-8(16-9)12(13)14/h6-7H,3-5H2,1-2H3,(H,10,11). The van der Waals surface area contributed by atoms with Crippen LogP contribution in [-0.4, -0.2) is 27.5 Å². The number of aromatic nitrogens is 1. The Morgan fingerprint density at radius 3 is 3.06 bits per heavy atom. The highest BCUT2D eigenvalue weighted by Crippen LogP contribution is 2.25. The van der Waals surface area contributed by atoms with Gasteiger partial charge in [0, 0.05) is 6.04 Å². The van der Waals surface area contributed by atoms with Crippen LogP contribution in [0.5, 0.6) is 0 Å². The molecule has 1 atom stereocenters. The summed E-state index contributed by atoms with van der Waals surface area (Å²) < 4.78 is 0. The maximum absolute atomic E-state index is 10.5. The fourth-order valence-corrected chi connectivity index (χ4v) is 2.66. The van der Waals surface area contributed by atoms with Gasteiger partial charge in [0.15, 0.2) is 5.13 Å². The van der Waals surface area contributed by atoms with Crippen LogP contribution in [0.25, 0.3) is 0 Å². The van der Waals surface area contributed by atoms with Crippen molar-refractivity contribution in [2.45, 2.75) is 26.3 Å². The van der Waals surface area contributed by atoms with Gasteiger partial charge in [0.1, 0.15) is 6.20 Å². The van der Waals surface area contributed by atoms with Crippen LogP contribution in [0, 0.1) is 10.1 Å². The van der Waals surface area contributed by atoms with E-state index in [4.69, 9.17) is 0 Å². The third kappa shape index (κ3) is 4.36. The largest absolute Gasteiger partial charge is 0.359 e. The molecule has 7 heteroatoms. The molecule has 0 aliphatic carbocycles. The number of hydrogen-bond acceptors (Lipinski definition) is 6. The van der Waals surface area contributed by atoms with Crippen molar-refractivity contribution < 1.29 is 4.92 Å². The van der Waals surface area contributed by atoms with E-state index in [9.17, 15) is 10.1 Å². The van der Waals surface area contributed by atoms with Crippen molar-refractivity contribution >= 4 is 33.2 Å². The summed E-state index contributed by atoms with van der Waals surface area (Å²) in [4.78, 5) is 14.0. The quantitative estimate of drug-likeness (QED) is 0.464. The maximum atomic E-state index is 10.5. The minimum Gasteiger partial charge on any atom is -0.359 e. The predicted molar refractivity (Wildman–Crippen MR) is 69.5 cm³/mol. The number of hydrogen-bond donors (Lipinski definition) is 1. The van der Waals surface area contributed by atoms with Gasteiger partial charge in [-0.3, -0.25) is 10.1 Å². The smallest absolute Gasteiger partial charge is 0.345 e. The molecule has 5 nitrogen and oxygen atoms in total. The molecule has 0 aliphatic rings. The van der Waals surface area contributed by atoms with E-state index < -0.39 is 4.92 Å². The average Bonchev–Trinajstić information content (AvgIpc) is 2.66. The van der Waals surface area contributed by atoms with E-state index in [1.54, 1.807) is 0 Å². The van der Waals surface area contributed by atoms with Crippen LogP contribution >= 0.6 is 23.1 Å². The first kappa shape index (κ1) is 13.2. The molecule has 0 aliphatic heterocycles. The first-order valence-electron chi connectivity index (χ1n) is 5.08. The number of anilines is 1. The van der Waals surface area contributed by atoms with Gasteiger partial charge in [-0.25, -0.2) is 4.98 Å². The molecule has 0 amide bonds. The molecule has 0 spiro atoms. The summed E-state index contributed by atoms with van der Waals surface area (Å²) in [5.74, 6) is 2.22. The Hall–Kier alpha value is -0.820. The van der Waals surface area contributed by atoms with Crippen molar-refractivity contribution in [3.8, 4) is 0 Å². The van der Waals surface area contributed by atoms with Crippen molar-refractivity contribution in [1.29, 1.82) is 0 Å². The van der Waals surface area contributed by atoms with Crippen molar-refractivity contribution in [3.63, 3.8) is 0 Å². The summed E-state index contributed by atoms with van der Waals surface area (Å²) in [7, 11) is 0. The second-order valence-electron chi connectivity index (χ2n) is 3.29. The highest BCUT2D eigenvalue weighted by molar-refractivity contribution is 7.99. The van der Waals surface area contributed by atoms with Crippen LogP contribution in [0.1, 0.15) is 20.3 Å². The van der Waals surface area contributed by atoms with E-state index in [1.165, 1.54) is 6.20 Å². The number of nitro groups is 1.